The van der Waals surface area contributed by atoms with E-state index in [4.69, 9.17) is 4.74 Å². The van der Waals surface area contributed by atoms with Crippen molar-refractivity contribution in [2.75, 3.05) is 0 Å². The molecular weight excluding hydrogens is 232 g/mol. The monoisotopic (exact) mass is 246 g/mol. The van der Waals surface area contributed by atoms with Crippen LogP contribution in [0.1, 0.15) is 64.8 Å². The van der Waals surface area contributed by atoms with Crippen molar-refractivity contribution in [1.82, 2.24) is 0 Å². The maximum atomic E-state index is 12.1. The third-order valence-corrected chi connectivity index (χ3v) is 3.92. The lowest BCUT2D eigenvalue weighted by atomic mass is 9.70. The van der Waals surface area contributed by atoms with Gasteiger partial charge in [0.25, 0.3) is 0 Å². The Kier molecular flexibility index (Phi) is 2.17. The summed E-state index contributed by atoms with van der Waals surface area (Å²) in [6, 6.07) is 3.46. The van der Waals surface area contributed by atoms with Crippen LogP contribution in [0.15, 0.2) is 12.1 Å². The van der Waals surface area contributed by atoms with Crippen LogP contribution in [0, 0.1) is 0 Å². The van der Waals surface area contributed by atoms with Gasteiger partial charge in [-0.3, -0.25) is 4.79 Å². The summed E-state index contributed by atoms with van der Waals surface area (Å²) in [4.78, 5) is 23.6. The molecule has 94 valence electrons. The number of ketones is 1. The molecule has 0 spiro atoms. The Bertz CT molecular complexity index is 571. The van der Waals surface area contributed by atoms with Crippen molar-refractivity contribution in [2.45, 2.75) is 38.4 Å². The van der Waals surface area contributed by atoms with Crippen molar-refractivity contribution < 1.29 is 19.4 Å². The van der Waals surface area contributed by atoms with Gasteiger partial charge in [0, 0.05) is 17.5 Å². The molecule has 1 atom stereocenters. The predicted molar refractivity (Wildman–Crippen MR) is 63.4 cm³/mol. The maximum absolute atomic E-state index is 12.1. The van der Waals surface area contributed by atoms with Gasteiger partial charge >= 0.3 is 5.97 Å². The number of esters is 1. The van der Waals surface area contributed by atoms with Gasteiger partial charge in [0.1, 0.15) is 0 Å². The topological polar surface area (TPSA) is 63.6 Å². The van der Waals surface area contributed by atoms with Gasteiger partial charge in [-0.25, -0.2) is 4.79 Å². The second kappa shape index (κ2) is 3.42. The van der Waals surface area contributed by atoms with Crippen molar-refractivity contribution >= 4 is 11.8 Å². The molecule has 4 nitrogen and oxygen atoms in total. The number of Topliss-reactive ketones (excluding diaryl/α,β-unsaturated/α-hetero) is 1. The van der Waals surface area contributed by atoms with Crippen LogP contribution in [0.3, 0.4) is 0 Å². The van der Waals surface area contributed by atoms with Crippen LogP contribution in [0.2, 0.25) is 0 Å². The Morgan fingerprint density at radius 1 is 1.33 bits per heavy atom. The number of cyclic esters (lactones) is 1. The maximum Gasteiger partial charge on any atom is 0.341 e. The van der Waals surface area contributed by atoms with Crippen LogP contribution in [0.5, 0.6) is 0 Å². The minimum Gasteiger partial charge on any atom is -0.428 e. The SMILES string of the molecule is CC1(C)CCC(=O)c2c1ccc1c2C(O)OC1=O. The summed E-state index contributed by atoms with van der Waals surface area (Å²) < 4.78 is 4.78. The zero-order valence-corrected chi connectivity index (χ0v) is 10.3. The summed E-state index contributed by atoms with van der Waals surface area (Å²) in [7, 11) is 0. The Morgan fingerprint density at radius 3 is 2.78 bits per heavy atom. The van der Waals surface area contributed by atoms with Gasteiger partial charge in [-0.2, -0.15) is 0 Å². The van der Waals surface area contributed by atoms with E-state index in [0.717, 1.165) is 12.0 Å². The Balaban J connectivity index is 2.33. The lowest BCUT2D eigenvalue weighted by Crippen LogP contribution is -2.29. The Hall–Kier alpha value is -1.68. The van der Waals surface area contributed by atoms with Crippen LogP contribution in [-0.4, -0.2) is 16.9 Å². The first-order valence-electron chi connectivity index (χ1n) is 6.01. The highest BCUT2D eigenvalue weighted by Gasteiger charge is 2.40. The molecule has 3 rings (SSSR count). The predicted octanol–water partition coefficient (Wildman–Crippen LogP) is 2.10. The van der Waals surface area contributed by atoms with Gasteiger partial charge in [0.15, 0.2) is 5.78 Å². The molecule has 0 radical (unpaired) electrons. The van der Waals surface area contributed by atoms with Gasteiger partial charge in [0.2, 0.25) is 6.29 Å². The van der Waals surface area contributed by atoms with E-state index in [1.165, 1.54) is 0 Å². The average molecular weight is 246 g/mol. The van der Waals surface area contributed by atoms with E-state index in [9.17, 15) is 14.7 Å². The van der Waals surface area contributed by atoms with E-state index in [1.807, 2.05) is 6.07 Å². The second-order valence-electron chi connectivity index (χ2n) is 5.51. The van der Waals surface area contributed by atoms with Gasteiger partial charge in [-0.15, -0.1) is 0 Å². The van der Waals surface area contributed by atoms with Crippen molar-refractivity contribution in [3.8, 4) is 0 Å². The number of ether oxygens (including phenoxy) is 1. The third kappa shape index (κ3) is 1.35. The first-order valence-corrected chi connectivity index (χ1v) is 6.01. The van der Waals surface area contributed by atoms with E-state index in [0.29, 0.717) is 23.1 Å². The number of benzene rings is 1. The molecule has 0 amide bonds. The molecule has 0 bridgehead atoms. The molecule has 1 aromatic carbocycles. The molecule has 1 N–H and O–H groups in total. The minimum absolute atomic E-state index is 0.0153. The molecule has 0 saturated heterocycles. The lowest BCUT2D eigenvalue weighted by molar-refractivity contribution is -0.0551. The second-order valence-corrected chi connectivity index (χ2v) is 5.51. The normalized spacial score (nSPS) is 24.5. The highest BCUT2D eigenvalue weighted by atomic mass is 16.6. The summed E-state index contributed by atoms with van der Waals surface area (Å²) in [6.07, 6.45) is -0.0832. The molecule has 0 fully saturated rings. The van der Waals surface area contributed by atoms with Gasteiger partial charge < -0.3 is 9.84 Å². The van der Waals surface area contributed by atoms with E-state index in [-0.39, 0.29) is 11.2 Å². The van der Waals surface area contributed by atoms with Crippen molar-refractivity contribution in [3.05, 3.63) is 34.4 Å². The molecule has 18 heavy (non-hydrogen) atoms. The first-order chi connectivity index (χ1) is 8.42. The van der Waals surface area contributed by atoms with Gasteiger partial charge in [-0.1, -0.05) is 19.9 Å². The zero-order chi connectivity index (χ0) is 13.1. The van der Waals surface area contributed by atoms with E-state index in [2.05, 4.69) is 13.8 Å². The molecule has 1 unspecified atom stereocenters. The molecule has 0 saturated carbocycles. The van der Waals surface area contributed by atoms with Crippen LogP contribution in [0.25, 0.3) is 0 Å². The molecule has 1 aromatic rings. The number of hydrogen-bond acceptors (Lipinski definition) is 4. The minimum atomic E-state index is -1.31. The van der Waals surface area contributed by atoms with Crippen LogP contribution >= 0.6 is 0 Å². The molecule has 1 heterocycles. The van der Waals surface area contributed by atoms with E-state index in [1.54, 1.807) is 6.07 Å². The third-order valence-electron chi connectivity index (χ3n) is 3.92. The fourth-order valence-corrected chi connectivity index (χ4v) is 2.83. The molecule has 2 aliphatic rings. The number of fused-ring (bicyclic) bond motifs is 3. The highest BCUT2D eigenvalue weighted by molar-refractivity contribution is 6.05. The van der Waals surface area contributed by atoms with E-state index >= 15 is 0 Å². The number of aliphatic hydroxyl groups excluding tert-OH is 1. The smallest absolute Gasteiger partial charge is 0.341 e. The molecule has 1 aliphatic heterocycles. The number of rotatable bonds is 0. The highest BCUT2D eigenvalue weighted by Crippen LogP contribution is 2.43. The summed E-state index contributed by atoms with van der Waals surface area (Å²) in [5.74, 6) is -0.574. The van der Waals surface area contributed by atoms with Crippen LogP contribution in [0.4, 0.5) is 0 Å². The quantitative estimate of drug-likeness (QED) is 0.712. The largest absolute Gasteiger partial charge is 0.428 e. The number of hydrogen-bond donors (Lipinski definition) is 1. The fraction of sp³-hybridized carbons (Fsp3) is 0.429. The van der Waals surface area contributed by atoms with Crippen LogP contribution < -0.4 is 0 Å². The average Bonchev–Trinajstić information content (AvgIpc) is 2.60. The Morgan fingerprint density at radius 2 is 2.06 bits per heavy atom. The zero-order valence-electron chi connectivity index (χ0n) is 10.3. The summed E-state index contributed by atoms with van der Waals surface area (Å²) >= 11 is 0. The van der Waals surface area contributed by atoms with E-state index < -0.39 is 12.3 Å². The number of aliphatic hydroxyl groups is 1. The van der Waals surface area contributed by atoms with Crippen molar-refractivity contribution in [1.29, 1.82) is 0 Å². The summed E-state index contributed by atoms with van der Waals surface area (Å²) in [6.45, 7) is 4.13. The van der Waals surface area contributed by atoms with Crippen molar-refractivity contribution in [3.63, 3.8) is 0 Å². The fourth-order valence-electron chi connectivity index (χ4n) is 2.83. The first kappa shape index (κ1) is 11.4. The van der Waals surface area contributed by atoms with Crippen LogP contribution in [-0.2, 0) is 10.2 Å². The lowest BCUT2D eigenvalue weighted by Gasteiger charge is -2.32. The van der Waals surface area contributed by atoms with Gasteiger partial charge in [0.05, 0.1) is 5.56 Å². The number of carbonyl (C=O) groups excluding carboxylic acids is 2. The van der Waals surface area contributed by atoms with Crippen molar-refractivity contribution in [2.24, 2.45) is 0 Å². The Labute approximate surface area is 105 Å². The standard InChI is InChI=1S/C14H14O4/c1-14(2)6-5-9(15)11-8(14)4-3-7-10(11)13(17)18-12(7)16/h3-4,13,17H,5-6H2,1-2H3. The number of carbonyl (C=O) groups is 2. The molecule has 0 aromatic heterocycles. The molecular formula is C14H14O4. The van der Waals surface area contributed by atoms with Gasteiger partial charge in [-0.05, 0) is 23.5 Å². The molecule has 1 aliphatic carbocycles. The molecule has 4 heteroatoms. The summed E-state index contributed by atoms with van der Waals surface area (Å²) in [5, 5.41) is 9.80. The summed E-state index contributed by atoms with van der Waals surface area (Å²) in [5.41, 5.74) is 1.93.